The maximum Gasteiger partial charge on any atom is 0.218 e. The first-order valence-electron chi connectivity index (χ1n) is 4.01. The molecular formula is C8H13N3O2. The van der Waals surface area contributed by atoms with E-state index in [1.165, 1.54) is 0 Å². The quantitative estimate of drug-likeness (QED) is 0.740. The molecule has 0 aliphatic heterocycles. The Morgan fingerprint density at radius 1 is 1.46 bits per heavy atom. The third-order valence-electron chi connectivity index (χ3n) is 1.33. The number of rotatable bonds is 4. The van der Waals surface area contributed by atoms with Gasteiger partial charge in [-0.2, -0.15) is 4.98 Å². The molecule has 72 valence electrons. The Kier molecular flexibility index (Phi) is 3.45. The van der Waals surface area contributed by atoms with Gasteiger partial charge in [-0.15, -0.1) is 0 Å². The molecule has 0 amide bonds. The SMILES string of the molecule is CCOc1cc(N)nc(COC)n1. The lowest BCUT2D eigenvalue weighted by Crippen LogP contribution is -2.04. The number of aromatic nitrogens is 2. The summed E-state index contributed by atoms with van der Waals surface area (Å²) >= 11 is 0. The molecule has 0 aromatic carbocycles. The Hall–Kier alpha value is -1.36. The van der Waals surface area contributed by atoms with E-state index in [0.717, 1.165) is 0 Å². The van der Waals surface area contributed by atoms with Crippen LogP contribution in [0.1, 0.15) is 12.7 Å². The van der Waals surface area contributed by atoms with Crippen molar-refractivity contribution in [2.24, 2.45) is 0 Å². The van der Waals surface area contributed by atoms with Gasteiger partial charge >= 0.3 is 0 Å². The van der Waals surface area contributed by atoms with Gasteiger partial charge in [-0.1, -0.05) is 0 Å². The minimum absolute atomic E-state index is 0.338. The van der Waals surface area contributed by atoms with Gasteiger partial charge < -0.3 is 15.2 Å². The molecule has 0 fully saturated rings. The van der Waals surface area contributed by atoms with Crippen LogP contribution in [0.2, 0.25) is 0 Å². The lowest BCUT2D eigenvalue weighted by molar-refractivity contribution is 0.176. The minimum atomic E-state index is 0.338. The summed E-state index contributed by atoms with van der Waals surface area (Å²) in [7, 11) is 1.58. The highest BCUT2D eigenvalue weighted by molar-refractivity contribution is 5.32. The van der Waals surface area contributed by atoms with Crippen LogP contribution in [0.25, 0.3) is 0 Å². The molecule has 1 aromatic heterocycles. The Balaban J connectivity index is 2.83. The van der Waals surface area contributed by atoms with Crippen LogP contribution in [0.3, 0.4) is 0 Å². The van der Waals surface area contributed by atoms with E-state index >= 15 is 0 Å². The minimum Gasteiger partial charge on any atom is -0.478 e. The highest BCUT2D eigenvalue weighted by Gasteiger charge is 2.02. The maximum absolute atomic E-state index is 5.53. The number of hydrogen-bond donors (Lipinski definition) is 1. The van der Waals surface area contributed by atoms with Gasteiger partial charge in [-0.05, 0) is 6.92 Å². The van der Waals surface area contributed by atoms with Crippen molar-refractivity contribution in [1.29, 1.82) is 0 Å². The normalized spacial score (nSPS) is 10.0. The van der Waals surface area contributed by atoms with Crippen molar-refractivity contribution in [3.8, 4) is 5.88 Å². The number of nitrogens with zero attached hydrogens (tertiary/aromatic N) is 2. The predicted molar refractivity (Wildman–Crippen MR) is 48.3 cm³/mol. The number of hydrogen-bond acceptors (Lipinski definition) is 5. The molecule has 2 N–H and O–H groups in total. The number of anilines is 1. The lowest BCUT2D eigenvalue weighted by atomic mass is 10.5. The summed E-state index contributed by atoms with van der Waals surface area (Å²) in [5, 5.41) is 0. The Morgan fingerprint density at radius 3 is 2.85 bits per heavy atom. The van der Waals surface area contributed by atoms with Gasteiger partial charge in [0.05, 0.1) is 6.61 Å². The first kappa shape index (κ1) is 9.73. The van der Waals surface area contributed by atoms with Crippen LogP contribution < -0.4 is 10.5 Å². The Labute approximate surface area is 76.9 Å². The summed E-state index contributed by atoms with van der Waals surface area (Å²) in [5.41, 5.74) is 5.53. The lowest BCUT2D eigenvalue weighted by Gasteiger charge is -2.04. The molecule has 1 heterocycles. The van der Waals surface area contributed by atoms with E-state index in [0.29, 0.717) is 30.7 Å². The summed E-state index contributed by atoms with van der Waals surface area (Å²) in [5.74, 6) is 1.42. The van der Waals surface area contributed by atoms with Crippen molar-refractivity contribution in [3.63, 3.8) is 0 Å². The van der Waals surface area contributed by atoms with Crippen LogP contribution in [0.5, 0.6) is 5.88 Å². The van der Waals surface area contributed by atoms with Gasteiger partial charge in [0.25, 0.3) is 0 Å². The van der Waals surface area contributed by atoms with Gasteiger partial charge in [0.2, 0.25) is 5.88 Å². The van der Waals surface area contributed by atoms with E-state index in [1.807, 2.05) is 6.92 Å². The van der Waals surface area contributed by atoms with E-state index in [9.17, 15) is 0 Å². The van der Waals surface area contributed by atoms with E-state index in [1.54, 1.807) is 13.2 Å². The molecule has 0 spiro atoms. The zero-order chi connectivity index (χ0) is 9.68. The van der Waals surface area contributed by atoms with Crippen LogP contribution in [-0.4, -0.2) is 23.7 Å². The zero-order valence-electron chi connectivity index (χ0n) is 7.78. The maximum atomic E-state index is 5.53. The molecule has 0 aliphatic rings. The molecule has 5 nitrogen and oxygen atoms in total. The fourth-order valence-corrected chi connectivity index (χ4v) is 0.908. The molecule has 0 saturated carbocycles. The molecule has 0 aliphatic carbocycles. The molecule has 0 unspecified atom stereocenters. The molecule has 5 heteroatoms. The molecule has 0 saturated heterocycles. The summed E-state index contributed by atoms with van der Waals surface area (Å²) < 4.78 is 10.1. The summed E-state index contributed by atoms with van der Waals surface area (Å²) in [6, 6.07) is 1.59. The average Bonchev–Trinajstić information content (AvgIpc) is 2.04. The predicted octanol–water partition coefficient (Wildman–Crippen LogP) is 0.604. The van der Waals surface area contributed by atoms with Crippen LogP contribution in [0.15, 0.2) is 6.07 Å². The van der Waals surface area contributed by atoms with Crippen LogP contribution in [0.4, 0.5) is 5.82 Å². The van der Waals surface area contributed by atoms with Crippen LogP contribution >= 0.6 is 0 Å². The van der Waals surface area contributed by atoms with Crippen LogP contribution in [-0.2, 0) is 11.3 Å². The summed E-state index contributed by atoms with van der Waals surface area (Å²) in [6.45, 7) is 2.78. The van der Waals surface area contributed by atoms with Crippen molar-refractivity contribution >= 4 is 5.82 Å². The van der Waals surface area contributed by atoms with Crippen molar-refractivity contribution in [1.82, 2.24) is 9.97 Å². The van der Waals surface area contributed by atoms with Gasteiger partial charge in [0.15, 0.2) is 5.82 Å². The monoisotopic (exact) mass is 183 g/mol. The average molecular weight is 183 g/mol. The second-order valence-corrected chi connectivity index (χ2v) is 2.41. The highest BCUT2D eigenvalue weighted by atomic mass is 16.5. The number of nitrogen functional groups attached to an aromatic ring is 1. The van der Waals surface area contributed by atoms with E-state index in [2.05, 4.69) is 9.97 Å². The molecule has 1 rings (SSSR count). The zero-order valence-corrected chi connectivity index (χ0v) is 7.78. The molecule has 13 heavy (non-hydrogen) atoms. The van der Waals surface area contributed by atoms with Crippen molar-refractivity contribution in [2.45, 2.75) is 13.5 Å². The van der Waals surface area contributed by atoms with Crippen molar-refractivity contribution in [3.05, 3.63) is 11.9 Å². The third-order valence-corrected chi connectivity index (χ3v) is 1.33. The van der Waals surface area contributed by atoms with E-state index < -0.39 is 0 Å². The Morgan fingerprint density at radius 2 is 2.23 bits per heavy atom. The van der Waals surface area contributed by atoms with E-state index in [4.69, 9.17) is 15.2 Å². The number of ether oxygens (including phenoxy) is 2. The molecule has 1 aromatic rings. The van der Waals surface area contributed by atoms with Gasteiger partial charge in [0.1, 0.15) is 12.4 Å². The van der Waals surface area contributed by atoms with Crippen molar-refractivity contribution in [2.75, 3.05) is 19.5 Å². The first-order valence-corrected chi connectivity index (χ1v) is 4.01. The summed E-state index contributed by atoms with van der Waals surface area (Å²) in [4.78, 5) is 8.04. The van der Waals surface area contributed by atoms with Gasteiger partial charge in [-0.3, -0.25) is 0 Å². The third kappa shape index (κ3) is 2.87. The van der Waals surface area contributed by atoms with Gasteiger partial charge in [0, 0.05) is 13.2 Å². The first-order chi connectivity index (χ1) is 6.26. The summed E-state index contributed by atoms with van der Waals surface area (Å²) in [6.07, 6.45) is 0. The smallest absolute Gasteiger partial charge is 0.218 e. The second kappa shape index (κ2) is 4.61. The van der Waals surface area contributed by atoms with Gasteiger partial charge in [-0.25, -0.2) is 4.98 Å². The number of nitrogens with two attached hydrogens (primary N) is 1. The second-order valence-electron chi connectivity index (χ2n) is 2.41. The largest absolute Gasteiger partial charge is 0.478 e. The number of methoxy groups -OCH3 is 1. The van der Waals surface area contributed by atoms with Crippen LogP contribution in [0, 0.1) is 0 Å². The molecule has 0 radical (unpaired) electrons. The Bertz CT molecular complexity index is 254. The standard InChI is InChI=1S/C8H13N3O2/c1-3-13-8-4-6(9)10-7(11-8)5-12-2/h4H,3,5H2,1-2H3,(H2,9,10,11). The molecular weight excluding hydrogens is 170 g/mol. The van der Waals surface area contributed by atoms with E-state index in [-0.39, 0.29) is 0 Å². The topological polar surface area (TPSA) is 70.3 Å². The molecule has 0 bridgehead atoms. The fraction of sp³-hybridized carbons (Fsp3) is 0.500. The fourth-order valence-electron chi connectivity index (χ4n) is 0.908. The highest BCUT2D eigenvalue weighted by Crippen LogP contribution is 2.10. The molecule has 0 atom stereocenters. The van der Waals surface area contributed by atoms with Crippen molar-refractivity contribution < 1.29 is 9.47 Å².